The summed E-state index contributed by atoms with van der Waals surface area (Å²) in [7, 11) is 7.21. The van der Waals surface area contributed by atoms with Crippen LogP contribution >= 0.6 is 7.68 Å². The minimum absolute atomic E-state index is 0.0534. The van der Waals surface area contributed by atoms with Crippen molar-refractivity contribution < 1.29 is 9.39 Å². The maximum absolute atomic E-state index is 6.15. The van der Waals surface area contributed by atoms with E-state index in [1.807, 2.05) is 52.9 Å². The van der Waals surface area contributed by atoms with Gasteiger partial charge in [0.2, 0.25) is 7.68 Å². The maximum Gasteiger partial charge on any atom is 0.323 e. The SMILES string of the molecule is CNC(c1ccccc1)N(N(C)C)[p+]1cccc(C2=C/C=C/[B]OC(C)(C)C(C)(C)OC=C2)c1. The van der Waals surface area contributed by atoms with E-state index in [4.69, 9.17) is 9.39 Å². The standard InChI is InChI=1S/C27H37BN3O2P/c1-26(2)27(3,4)33-28-18-11-15-22(17-19-32-26)24-16-12-20-34(21-24)31(30(6)7)25(29-5)23-13-9-8-10-14-23/h8-21,25,29H,1-7H3/q+1/b18-11+,19-17?,22-15?. The molecule has 2 unspecified atom stereocenters. The van der Waals surface area contributed by atoms with Crippen LogP contribution in [-0.4, -0.2) is 44.8 Å². The van der Waals surface area contributed by atoms with Crippen LogP contribution in [0, 0.1) is 0 Å². The molecular formula is C27H37BN3O2P+. The first-order valence-corrected chi connectivity index (χ1v) is 13.0. The molecule has 0 saturated carbocycles. The number of ether oxygens (including phenoxy) is 1. The summed E-state index contributed by atoms with van der Waals surface area (Å²) in [5.74, 6) is 6.56. The highest BCUT2D eigenvalue weighted by Crippen LogP contribution is 2.38. The first-order chi connectivity index (χ1) is 16.2. The van der Waals surface area contributed by atoms with Crippen molar-refractivity contribution in [3.8, 4) is 0 Å². The summed E-state index contributed by atoms with van der Waals surface area (Å²) < 4.78 is 14.5. The van der Waals surface area contributed by atoms with Gasteiger partial charge in [-0.2, -0.15) is 0 Å². The summed E-state index contributed by atoms with van der Waals surface area (Å²) in [6.45, 7) is 8.16. The molecule has 7 heteroatoms. The van der Waals surface area contributed by atoms with Crippen LogP contribution < -0.4 is 10.1 Å². The number of allylic oxidation sites excluding steroid dienone is 4. The number of benzene rings is 1. The molecular weight excluding hydrogens is 440 g/mol. The molecule has 179 valence electrons. The van der Waals surface area contributed by atoms with Crippen LogP contribution in [0.4, 0.5) is 0 Å². The fraction of sp³-hybridized carbons (Fsp3) is 0.370. The lowest BCUT2D eigenvalue weighted by atomic mass is 9.86. The predicted molar refractivity (Wildman–Crippen MR) is 146 cm³/mol. The Morgan fingerprint density at radius 2 is 1.74 bits per heavy atom. The molecule has 0 fully saturated rings. The van der Waals surface area contributed by atoms with Crippen LogP contribution in [0.2, 0.25) is 0 Å². The monoisotopic (exact) mass is 477 g/mol. The molecule has 5 nitrogen and oxygen atoms in total. The molecule has 1 aromatic carbocycles. The van der Waals surface area contributed by atoms with Crippen molar-refractivity contribution in [2.75, 3.05) is 25.9 Å². The van der Waals surface area contributed by atoms with Gasteiger partial charge in [-0.25, -0.2) is 5.01 Å². The van der Waals surface area contributed by atoms with Crippen LogP contribution in [0.1, 0.15) is 45.0 Å². The molecule has 1 aromatic heterocycles. The highest BCUT2D eigenvalue weighted by molar-refractivity contribution is 7.49. The summed E-state index contributed by atoms with van der Waals surface area (Å²) in [4.78, 5) is 0. The molecule has 0 bridgehead atoms. The average molecular weight is 477 g/mol. The highest BCUT2D eigenvalue weighted by Gasteiger charge is 2.39. The fourth-order valence-corrected chi connectivity index (χ4v) is 5.66. The Labute approximate surface area is 207 Å². The van der Waals surface area contributed by atoms with Crippen LogP contribution in [0.15, 0.2) is 84.5 Å². The quantitative estimate of drug-likeness (QED) is 0.318. The molecule has 1 aliphatic rings. The normalized spacial score (nSPS) is 20.0. The van der Waals surface area contributed by atoms with E-state index in [1.165, 1.54) is 5.56 Å². The number of hydrogen-bond acceptors (Lipinski definition) is 5. The summed E-state index contributed by atoms with van der Waals surface area (Å²) in [5.41, 5.74) is 2.48. The van der Waals surface area contributed by atoms with E-state index in [0.717, 1.165) is 11.1 Å². The number of nitrogens with zero attached hydrogens (tertiary/aromatic N) is 2. The van der Waals surface area contributed by atoms with Gasteiger partial charge in [-0.1, -0.05) is 48.5 Å². The molecule has 0 aliphatic carbocycles. The van der Waals surface area contributed by atoms with E-state index in [1.54, 1.807) is 13.7 Å². The van der Waals surface area contributed by atoms with Crippen molar-refractivity contribution in [3.63, 3.8) is 0 Å². The zero-order valence-electron chi connectivity index (χ0n) is 21.4. The second-order valence-electron chi connectivity index (χ2n) is 9.44. The van der Waals surface area contributed by atoms with Crippen LogP contribution in [0.3, 0.4) is 0 Å². The Balaban J connectivity index is 1.97. The highest BCUT2D eigenvalue weighted by atomic mass is 31.1. The minimum atomic E-state index is -0.724. The van der Waals surface area contributed by atoms with Gasteiger partial charge in [0.15, 0.2) is 0 Å². The molecule has 0 spiro atoms. The number of nitrogens with one attached hydrogen (secondary N) is 1. The van der Waals surface area contributed by atoms with Crippen LogP contribution in [0.25, 0.3) is 5.57 Å². The third kappa shape index (κ3) is 6.27. The fourth-order valence-electron chi connectivity index (χ4n) is 3.61. The van der Waals surface area contributed by atoms with Gasteiger partial charge in [0.1, 0.15) is 23.4 Å². The third-order valence-electron chi connectivity index (χ3n) is 6.27. The van der Waals surface area contributed by atoms with Crippen molar-refractivity contribution >= 4 is 20.7 Å². The van der Waals surface area contributed by atoms with Crippen LogP contribution in [0.5, 0.6) is 0 Å². The van der Waals surface area contributed by atoms with Crippen molar-refractivity contribution in [2.24, 2.45) is 0 Å². The Kier molecular flexibility index (Phi) is 8.92. The molecule has 0 amide bonds. The molecule has 2 aromatic rings. The van der Waals surface area contributed by atoms with Gasteiger partial charge in [0.25, 0.3) is 0 Å². The molecule has 2 heterocycles. The second kappa shape index (κ2) is 11.5. The summed E-state index contributed by atoms with van der Waals surface area (Å²) in [5, 5.41) is 5.67. The zero-order chi connectivity index (χ0) is 24.8. The molecule has 1 aliphatic heterocycles. The van der Waals surface area contributed by atoms with Gasteiger partial charge in [0, 0.05) is 19.7 Å². The van der Waals surface area contributed by atoms with E-state index >= 15 is 0 Å². The van der Waals surface area contributed by atoms with Crippen molar-refractivity contribution in [2.45, 2.75) is 45.1 Å². The van der Waals surface area contributed by atoms with E-state index < -0.39 is 18.9 Å². The first kappa shape index (κ1) is 26.4. The van der Waals surface area contributed by atoms with Crippen molar-refractivity contribution in [1.82, 2.24) is 10.3 Å². The Morgan fingerprint density at radius 3 is 2.41 bits per heavy atom. The average Bonchev–Trinajstić information content (AvgIpc) is 2.82. The minimum Gasteiger partial charge on any atom is -0.493 e. The summed E-state index contributed by atoms with van der Waals surface area (Å²) >= 11 is 0. The lowest BCUT2D eigenvalue weighted by Crippen LogP contribution is -2.49. The van der Waals surface area contributed by atoms with Crippen molar-refractivity contribution in [3.05, 3.63) is 95.7 Å². The van der Waals surface area contributed by atoms with E-state index in [9.17, 15) is 0 Å². The van der Waals surface area contributed by atoms with E-state index in [2.05, 4.69) is 89.3 Å². The van der Waals surface area contributed by atoms with E-state index in [-0.39, 0.29) is 6.17 Å². The van der Waals surface area contributed by atoms with Crippen LogP contribution in [-0.2, 0) is 9.39 Å². The molecule has 1 radical (unpaired) electrons. The predicted octanol–water partition coefficient (Wildman–Crippen LogP) is 5.92. The lowest BCUT2D eigenvalue weighted by Gasteiger charge is -2.40. The van der Waals surface area contributed by atoms with Gasteiger partial charge >= 0.3 is 7.48 Å². The van der Waals surface area contributed by atoms with E-state index in [0.29, 0.717) is 0 Å². The number of hydrazine groups is 1. The maximum atomic E-state index is 6.15. The summed E-state index contributed by atoms with van der Waals surface area (Å²) in [6.07, 6.45) is 7.97. The molecule has 34 heavy (non-hydrogen) atoms. The zero-order valence-corrected chi connectivity index (χ0v) is 22.3. The molecule has 1 N–H and O–H groups in total. The topological polar surface area (TPSA) is 37.0 Å². The van der Waals surface area contributed by atoms with Gasteiger partial charge in [0.05, 0.1) is 11.9 Å². The third-order valence-corrected chi connectivity index (χ3v) is 8.36. The lowest BCUT2D eigenvalue weighted by molar-refractivity contribution is -0.0966. The van der Waals surface area contributed by atoms with Gasteiger partial charge in [-0.3, -0.25) is 5.32 Å². The smallest absolute Gasteiger partial charge is 0.323 e. The molecule has 3 rings (SSSR count). The number of rotatable bonds is 6. The Bertz CT molecular complexity index is 1040. The number of hydrogen-bond donors (Lipinski definition) is 1. The van der Waals surface area contributed by atoms with Gasteiger partial charge in [-0.05, 0) is 68.9 Å². The molecule has 2 atom stereocenters. The molecule has 0 saturated heterocycles. The van der Waals surface area contributed by atoms with Crippen molar-refractivity contribution in [1.29, 1.82) is 0 Å². The largest absolute Gasteiger partial charge is 0.493 e. The first-order valence-electron chi connectivity index (χ1n) is 11.6. The Hall–Kier alpha value is -2.21. The Morgan fingerprint density at radius 1 is 1.00 bits per heavy atom. The van der Waals surface area contributed by atoms with Gasteiger partial charge in [-0.15, -0.1) is 0 Å². The second-order valence-corrected chi connectivity index (χ2v) is 11.2. The summed E-state index contributed by atoms with van der Waals surface area (Å²) in [6, 6.07) is 14.9. The van der Waals surface area contributed by atoms with Gasteiger partial charge < -0.3 is 9.39 Å².